The topological polar surface area (TPSA) is 26.0 Å². The Morgan fingerprint density at radius 2 is 1.70 bits per heavy atom. The summed E-state index contributed by atoms with van der Waals surface area (Å²) in [6.45, 7) is 0.624. The predicted molar refractivity (Wildman–Crippen MR) is 90.6 cm³/mol. The minimum atomic E-state index is 0.354. The third-order valence-corrected chi connectivity index (χ3v) is 4.42. The zero-order valence-electron chi connectivity index (χ0n) is 11.0. The molecule has 0 spiro atoms. The molecule has 2 aromatic rings. The van der Waals surface area contributed by atoms with Gasteiger partial charge < -0.3 is 5.73 Å². The quantitative estimate of drug-likeness (QED) is 0.774. The van der Waals surface area contributed by atoms with Crippen molar-refractivity contribution in [2.75, 3.05) is 6.54 Å². The van der Waals surface area contributed by atoms with Gasteiger partial charge in [-0.25, -0.2) is 0 Å². The number of halogens is 3. The number of rotatable bonds is 5. The molecule has 0 saturated heterocycles. The molecule has 20 heavy (non-hydrogen) atoms. The van der Waals surface area contributed by atoms with Gasteiger partial charge in [0.1, 0.15) is 0 Å². The van der Waals surface area contributed by atoms with E-state index in [0.29, 0.717) is 17.5 Å². The van der Waals surface area contributed by atoms with Crippen LogP contribution in [0.3, 0.4) is 0 Å². The molecule has 0 heterocycles. The Bertz CT molecular complexity index is 569. The van der Waals surface area contributed by atoms with Crippen molar-refractivity contribution in [3.8, 4) is 0 Å². The van der Waals surface area contributed by atoms with Crippen LogP contribution in [0.1, 0.15) is 11.1 Å². The first-order valence-electron chi connectivity index (χ1n) is 6.47. The number of hydrogen-bond donors (Lipinski definition) is 1. The predicted octanol–water partition coefficient (Wildman–Crippen LogP) is 5.12. The van der Waals surface area contributed by atoms with Crippen molar-refractivity contribution in [2.45, 2.75) is 12.8 Å². The van der Waals surface area contributed by atoms with Crippen LogP contribution in [0.15, 0.2) is 46.9 Å². The molecule has 0 radical (unpaired) electrons. The molecule has 2 rings (SSSR count). The number of benzene rings is 2. The zero-order valence-corrected chi connectivity index (χ0v) is 14.0. The molecule has 1 unspecified atom stereocenters. The summed E-state index contributed by atoms with van der Waals surface area (Å²) in [5.74, 6) is 0.354. The fraction of sp³-hybridized carbons (Fsp3) is 0.250. The van der Waals surface area contributed by atoms with Gasteiger partial charge in [-0.1, -0.05) is 51.3 Å². The Morgan fingerprint density at radius 3 is 2.35 bits per heavy atom. The van der Waals surface area contributed by atoms with E-state index in [9.17, 15) is 0 Å². The highest BCUT2D eigenvalue weighted by Crippen LogP contribution is 2.24. The van der Waals surface area contributed by atoms with Gasteiger partial charge in [0.25, 0.3) is 0 Å². The Labute approximate surface area is 138 Å². The van der Waals surface area contributed by atoms with Crippen LogP contribution in [0.4, 0.5) is 0 Å². The molecular weight excluding hydrogens is 357 g/mol. The maximum absolute atomic E-state index is 6.22. The molecule has 0 aliphatic carbocycles. The second-order valence-electron chi connectivity index (χ2n) is 4.87. The number of nitrogens with two attached hydrogens (primary N) is 1. The molecule has 0 aliphatic heterocycles. The lowest BCUT2D eigenvalue weighted by molar-refractivity contribution is 0.533. The first kappa shape index (κ1) is 15.8. The van der Waals surface area contributed by atoms with E-state index in [0.717, 1.165) is 27.9 Å². The van der Waals surface area contributed by atoms with E-state index in [2.05, 4.69) is 40.2 Å². The average molecular weight is 373 g/mol. The molecule has 1 nitrogen and oxygen atoms in total. The Kier molecular flexibility index (Phi) is 5.91. The van der Waals surface area contributed by atoms with Crippen molar-refractivity contribution in [1.82, 2.24) is 0 Å². The van der Waals surface area contributed by atoms with Crippen molar-refractivity contribution in [3.05, 3.63) is 68.1 Å². The van der Waals surface area contributed by atoms with Crippen LogP contribution in [0.2, 0.25) is 10.0 Å². The average Bonchev–Trinajstić information content (AvgIpc) is 2.44. The van der Waals surface area contributed by atoms with Gasteiger partial charge in [-0.2, -0.15) is 0 Å². The monoisotopic (exact) mass is 371 g/mol. The van der Waals surface area contributed by atoms with Crippen LogP contribution >= 0.6 is 39.1 Å². The van der Waals surface area contributed by atoms with E-state index >= 15 is 0 Å². The summed E-state index contributed by atoms with van der Waals surface area (Å²) in [5.41, 5.74) is 8.24. The summed E-state index contributed by atoms with van der Waals surface area (Å²) in [7, 11) is 0. The van der Waals surface area contributed by atoms with E-state index in [-0.39, 0.29) is 0 Å². The smallest absolute Gasteiger partial charge is 0.0439 e. The number of hydrogen-bond acceptors (Lipinski definition) is 1. The second-order valence-corrected chi connectivity index (χ2v) is 6.63. The first-order valence-corrected chi connectivity index (χ1v) is 8.02. The molecule has 0 saturated carbocycles. The highest BCUT2D eigenvalue weighted by molar-refractivity contribution is 9.10. The lowest BCUT2D eigenvalue weighted by Gasteiger charge is -2.16. The van der Waals surface area contributed by atoms with Gasteiger partial charge in [0.05, 0.1) is 0 Å². The molecule has 0 aliphatic rings. The summed E-state index contributed by atoms with van der Waals surface area (Å²) in [4.78, 5) is 0. The summed E-state index contributed by atoms with van der Waals surface area (Å²) >= 11 is 15.7. The molecule has 1 atom stereocenters. The van der Waals surface area contributed by atoms with Crippen LogP contribution in [0, 0.1) is 5.92 Å². The summed E-state index contributed by atoms with van der Waals surface area (Å²) < 4.78 is 1.09. The fourth-order valence-corrected chi connectivity index (χ4v) is 2.86. The zero-order chi connectivity index (χ0) is 14.5. The fourth-order valence-electron chi connectivity index (χ4n) is 2.20. The molecule has 0 fully saturated rings. The van der Waals surface area contributed by atoms with Crippen molar-refractivity contribution in [2.24, 2.45) is 11.7 Å². The SMILES string of the molecule is NCC(Cc1ccc(Br)cc1)Cc1cc(Cl)ccc1Cl. The van der Waals surface area contributed by atoms with E-state index in [4.69, 9.17) is 28.9 Å². The first-order chi connectivity index (χ1) is 9.58. The van der Waals surface area contributed by atoms with Crippen molar-refractivity contribution >= 4 is 39.1 Å². The minimum Gasteiger partial charge on any atom is -0.330 e. The molecule has 0 bridgehead atoms. The van der Waals surface area contributed by atoms with Crippen molar-refractivity contribution in [3.63, 3.8) is 0 Å². The van der Waals surface area contributed by atoms with Crippen LogP contribution < -0.4 is 5.73 Å². The Balaban J connectivity index is 2.08. The van der Waals surface area contributed by atoms with Gasteiger partial charge in [0, 0.05) is 14.5 Å². The molecular formula is C16H16BrCl2N. The molecule has 4 heteroatoms. The van der Waals surface area contributed by atoms with E-state index in [1.54, 1.807) is 6.07 Å². The van der Waals surface area contributed by atoms with E-state index in [1.165, 1.54) is 5.56 Å². The largest absolute Gasteiger partial charge is 0.330 e. The van der Waals surface area contributed by atoms with Gasteiger partial charge in [-0.05, 0) is 66.8 Å². The van der Waals surface area contributed by atoms with Crippen molar-refractivity contribution in [1.29, 1.82) is 0 Å². The van der Waals surface area contributed by atoms with Crippen molar-refractivity contribution < 1.29 is 0 Å². The van der Waals surface area contributed by atoms with Gasteiger partial charge in [0.2, 0.25) is 0 Å². The molecule has 0 amide bonds. The van der Waals surface area contributed by atoms with Gasteiger partial charge >= 0.3 is 0 Å². The van der Waals surface area contributed by atoms with Gasteiger partial charge in [-0.3, -0.25) is 0 Å². The lowest BCUT2D eigenvalue weighted by Crippen LogP contribution is -2.19. The Morgan fingerprint density at radius 1 is 1.00 bits per heavy atom. The van der Waals surface area contributed by atoms with Crippen LogP contribution in [-0.4, -0.2) is 6.54 Å². The normalized spacial score (nSPS) is 12.4. The molecule has 106 valence electrons. The summed E-state index contributed by atoms with van der Waals surface area (Å²) in [6, 6.07) is 13.9. The third kappa shape index (κ3) is 4.49. The van der Waals surface area contributed by atoms with E-state index in [1.807, 2.05) is 12.1 Å². The standard InChI is InChI=1S/C16H16BrCl2N/c17-14-3-1-11(2-4-14)7-12(10-20)8-13-9-15(18)5-6-16(13)19/h1-6,9,12H,7-8,10,20H2. The van der Waals surface area contributed by atoms with Crippen LogP contribution in [0.25, 0.3) is 0 Å². The lowest BCUT2D eigenvalue weighted by atomic mass is 9.92. The maximum atomic E-state index is 6.22. The second kappa shape index (κ2) is 7.46. The van der Waals surface area contributed by atoms with Crippen LogP contribution in [-0.2, 0) is 12.8 Å². The molecule has 2 aromatic carbocycles. The van der Waals surface area contributed by atoms with Gasteiger partial charge in [0.15, 0.2) is 0 Å². The minimum absolute atomic E-state index is 0.354. The summed E-state index contributed by atoms with van der Waals surface area (Å²) in [5, 5.41) is 1.47. The highest BCUT2D eigenvalue weighted by atomic mass is 79.9. The molecule has 0 aromatic heterocycles. The third-order valence-electron chi connectivity index (χ3n) is 3.29. The molecule has 2 N–H and O–H groups in total. The highest BCUT2D eigenvalue weighted by Gasteiger charge is 2.12. The Hall–Kier alpha value is -0.540. The maximum Gasteiger partial charge on any atom is 0.0439 e. The van der Waals surface area contributed by atoms with Crippen LogP contribution in [0.5, 0.6) is 0 Å². The summed E-state index contributed by atoms with van der Waals surface area (Å²) in [6.07, 6.45) is 1.78. The van der Waals surface area contributed by atoms with Gasteiger partial charge in [-0.15, -0.1) is 0 Å². The van der Waals surface area contributed by atoms with E-state index < -0.39 is 0 Å².